The van der Waals surface area contributed by atoms with Gasteiger partial charge in [0, 0.05) is 38.9 Å². The van der Waals surface area contributed by atoms with Crippen molar-refractivity contribution in [3.05, 3.63) is 29.3 Å². The van der Waals surface area contributed by atoms with E-state index in [9.17, 15) is 9.18 Å². The van der Waals surface area contributed by atoms with Crippen molar-refractivity contribution >= 4 is 5.91 Å². The molecule has 1 aromatic carbocycles. The fourth-order valence-electron chi connectivity index (χ4n) is 3.31. The molecule has 2 saturated heterocycles. The van der Waals surface area contributed by atoms with Crippen molar-refractivity contribution in [2.24, 2.45) is 0 Å². The first-order valence-electron chi connectivity index (χ1n) is 8.43. The van der Waals surface area contributed by atoms with Crippen LogP contribution in [0, 0.1) is 13.8 Å². The fraction of sp³-hybridized carbons (Fsp3) is 0.611. The summed E-state index contributed by atoms with van der Waals surface area (Å²) in [5.74, 6) is 0.975. The van der Waals surface area contributed by atoms with E-state index >= 15 is 0 Å². The number of carbonyl (C=O) groups excluding carboxylic acids is 1. The molecule has 2 aliphatic heterocycles. The highest BCUT2D eigenvalue weighted by molar-refractivity contribution is 5.82. The highest BCUT2D eigenvalue weighted by Crippen LogP contribution is 2.24. The average molecular weight is 320 g/mol. The van der Waals surface area contributed by atoms with E-state index in [0.29, 0.717) is 26.1 Å². The third-order valence-corrected chi connectivity index (χ3v) is 4.77. The van der Waals surface area contributed by atoms with Gasteiger partial charge >= 0.3 is 0 Å². The van der Waals surface area contributed by atoms with E-state index < -0.39 is 6.17 Å². The summed E-state index contributed by atoms with van der Waals surface area (Å²) in [5.41, 5.74) is 2.32. The predicted molar refractivity (Wildman–Crippen MR) is 87.4 cm³/mol. The van der Waals surface area contributed by atoms with Crippen LogP contribution >= 0.6 is 0 Å². The number of amides is 1. The fourth-order valence-corrected chi connectivity index (χ4v) is 3.31. The Morgan fingerprint density at radius 3 is 2.70 bits per heavy atom. The molecule has 2 atom stereocenters. The minimum atomic E-state index is -0.894. The van der Waals surface area contributed by atoms with E-state index in [1.807, 2.05) is 11.8 Å². The molecule has 0 aromatic heterocycles. The summed E-state index contributed by atoms with van der Waals surface area (Å²) in [6.45, 7) is 5.77. The Hall–Kier alpha value is -1.62. The van der Waals surface area contributed by atoms with Gasteiger partial charge in [-0.1, -0.05) is 12.1 Å². The summed E-state index contributed by atoms with van der Waals surface area (Å²) in [6, 6.07) is 5.87. The van der Waals surface area contributed by atoms with Gasteiger partial charge in [0.25, 0.3) is 0 Å². The second kappa shape index (κ2) is 6.87. The first-order valence-corrected chi connectivity index (χ1v) is 8.43. The zero-order chi connectivity index (χ0) is 16.4. The number of halogens is 1. The molecule has 0 radical (unpaired) electrons. The number of piperidine rings is 1. The van der Waals surface area contributed by atoms with Crippen LogP contribution < -0.4 is 10.1 Å². The number of carbonyl (C=O) groups is 1. The van der Waals surface area contributed by atoms with Crippen molar-refractivity contribution in [1.29, 1.82) is 0 Å². The molecule has 126 valence electrons. The van der Waals surface area contributed by atoms with Crippen molar-refractivity contribution in [2.75, 3.05) is 19.6 Å². The average Bonchev–Trinajstić information content (AvgIpc) is 2.97. The zero-order valence-electron chi connectivity index (χ0n) is 13.8. The lowest BCUT2D eigenvalue weighted by Gasteiger charge is -2.34. The summed E-state index contributed by atoms with van der Waals surface area (Å²) in [5, 5.41) is 2.97. The van der Waals surface area contributed by atoms with Gasteiger partial charge in [0.1, 0.15) is 18.0 Å². The highest BCUT2D eigenvalue weighted by Gasteiger charge is 2.34. The van der Waals surface area contributed by atoms with E-state index in [1.54, 1.807) is 0 Å². The third kappa shape index (κ3) is 3.83. The number of alkyl halides is 1. The van der Waals surface area contributed by atoms with Crippen LogP contribution in [0.4, 0.5) is 4.39 Å². The third-order valence-electron chi connectivity index (χ3n) is 4.77. The Morgan fingerprint density at radius 2 is 2.04 bits per heavy atom. The molecule has 2 aliphatic rings. The van der Waals surface area contributed by atoms with Gasteiger partial charge in [-0.3, -0.25) is 4.79 Å². The Bertz CT molecular complexity index is 570. The maximum absolute atomic E-state index is 13.2. The molecule has 2 fully saturated rings. The lowest BCUT2D eigenvalue weighted by atomic mass is 10.1. The van der Waals surface area contributed by atoms with Gasteiger partial charge in [-0.15, -0.1) is 0 Å². The Morgan fingerprint density at radius 1 is 1.30 bits per heavy atom. The van der Waals surface area contributed by atoms with E-state index in [0.717, 1.165) is 24.2 Å². The van der Waals surface area contributed by atoms with Crippen molar-refractivity contribution in [3.8, 4) is 5.75 Å². The van der Waals surface area contributed by atoms with Crippen molar-refractivity contribution in [3.63, 3.8) is 0 Å². The number of nitrogens with one attached hydrogen (secondary N) is 1. The largest absolute Gasteiger partial charge is 0.490 e. The molecular formula is C18H25FN2O2. The smallest absolute Gasteiger partial charge is 0.239 e. The SMILES string of the molecule is Cc1ccc(C)c(OC2CCN(C(=O)[C@H]3C[C@H](F)CN3)CC2)c1. The summed E-state index contributed by atoms with van der Waals surface area (Å²) in [4.78, 5) is 14.2. The molecule has 1 amide bonds. The van der Waals surface area contributed by atoms with Crippen LogP contribution in [-0.2, 0) is 4.79 Å². The minimum Gasteiger partial charge on any atom is -0.490 e. The topological polar surface area (TPSA) is 41.6 Å². The Kier molecular flexibility index (Phi) is 4.85. The van der Waals surface area contributed by atoms with Crippen LogP contribution in [0.3, 0.4) is 0 Å². The quantitative estimate of drug-likeness (QED) is 0.930. The molecule has 0 unspecified atom stereocenters. The molecule has 1 N–H and O–H groups in total. The monoisotopic (exact) mass is 320 g/mol. The molecule has 0 saturated carbocycles. The predicted octanol–water partition coefficient (Wildman–Crippen LogP) is 2.37. The van der Waals surface area contributed by atoms with Crippen LogP contribution in [0.5, 0.6) is 5.75 Å². The van der Waals surface area contributed by atoms with Crippen molar-refractivity contribution in [1.82, 2.24) is 10.2 Å². The summed E-state index contributed by atoms with van der Waals surface area (Å²) in [7, 11) is 0. The van der Waals surface area contributed by atoms with E-state index in [2.05, 4.69) is 30.4 Å². The standard InChI is InChI=1S/C18H25FN2O2/c1-12-3-4-13(2)17(9-12)23-15-5-7-21(8-6-15)18(22)16-10-14(19)11-20-16/h3-4,9,14-16,20H,5-8,10-11H2,1-2H3/t14-,16+/m0/s1. The van der Waals surface area contributed by atoms with Crippen LogP contribution in [0.15, 0.2) is 18.2 Å². The van der Waals surface area contributed by atoms with E-state index in [1.165, 1.54) is 5.56 Å². The number of nitrogens with zero attached hydrogens (tertiary/aromatic N) is 1. The van der Waals surface area contributed by atoms with Gasteiger partial charge < -0.3 is 15.0 Å². The summed E-state index contributed by atoms with van der Waals surface area (Å²) < 4.78 is 19.3. The summed E-state index contributed by atoms with van der Waals surface area (Å²) >= 11 is 0. The van der Waals surface area contributed by atoms with Gasteiger partial charge in [-0.05, 0) is 31.0 Å². The maximum atomic E-state index is 13.2. The van der Waals surface area contributed by atoms with Gasteiger partial charge in [0.15, 0.2) is 0 Å². The van der Waals surface area contributed by atoms with Gasteiger partial charge in [-0.2, -0.15) is 0 Å². The number of benzene rings is 1. The van der Waals surface area contributed by atoms with Crippen molar-refractivity contribution in [2.45, 2.75) is 51.4 Å². The zero-order valence-corrected chi connectivity index (χ0v) is 13.8. The Labute approximate surface area is 137 Å². The molecule has 2 heterocycles. The first kappa shape index (κ1) is 16.2. The van der Waals surface area contributed by atoms with Gasteiger partial charge in [-0.25, -0.2) is 4.39 Å². The molecule has 5 heteroatoms. The molecule has 0 bridgehead atoms. The highest BCUT2D eigenvalue weighted by atomic mass is 19.1. The first-order chi connectivity index (χ1) is 11.0. The number of aryl methyl sites for hydroxylation is 2. The molecule has 0 spiro atoms. The number of rotatable bonds is 3. The molecule has 23 heavy (non-hydrogen) atoms. The lowest BCUT2D eigenvalue weighted by molar-refractivity contribution is -0.135. The molecule has 0 aliphatic carbocycles. The van der Waals surface area contributed by atoms with Gasteiger partial charge in [0.2, 0.25) is 5.91 Å². The van der Waals surface area contributed by atoms with Crippen molar-refractivity contribution < 1.29 is 13.9 Å². The molecule has 4 nitrogen and oxygen atoms in total. The Balaban J connectivity index is 1.52. The summed E-state index contributed by atoms with van der Waals surface area (Å²) in [6.07, 6.45) is 1.20. The van der Waals surface area contributed by atoms with E-state index in [-0.39, 0.29) is 18.1 Å². The lowest BCUT2D eigenvalue weighted by Crippen LogP contribution is -2.48. The van der Waals surface area contributed by atoms with Crippen LogP contribution in [0.25, 0.3) is 0 Å². The molecule has 1 aromatic rings. The minimum absolute atomic E-state index is 0.0373. The number of likely N-dealkylation sites (tertiary alicyclic amines) is 1. The second-order valence-electron chi connectivity index (χ2n) is 6.71. The van der Waals surface area contributed by atoms with Crippen LogP contribution in [-0.4, -0.2) is 48.8 Å². The van der Waals surface area contributed by atoms with E-state index in [4.69, 9.17) is 4.74 Å². The number of hydrogen-bond acceptors (Lipinski definition) is 3. The van der Waals surface area contributed by atoms with Crippen LogP contribution in [0.1, 0.15) is 30.4 Å². The second-order valence-corrected chi connectivity index (χ2v) is 6.71. The maximum Gasteiger partial charge on any atom is 0.239 e. The normalized spacial score (nSPS) is 25.6. The van der Waals surface area contributed by atoms with Gasteiger partial charge in [0.05, 0.1) is 6.04 Å². The number of ether oxygens (including phenoxy) is 1. The molecule has 3 rings (SSSR count). The number of hydrogen-bond donors (Lipinski definition) is 1. The van der Waals surface area contributed by atoms with Crippen LogP contribution in [0.2, 0.25) is 0 Å². The molecular weight excluding hydrogens is 295 g/mol.